The minimum atomic E-state index is -0.507. The van der Waals surface area contributed by atoms with E-state index in [2.05, 4.69) is 9.97 Å². The number of aromatic nitrogens is 3. The lowest BCUT2D eigenvalue weighted by atomic mass is 9.86. The molecule has 0 radical (unpaired) electrons. The Hall–Kier alpha value is -2.44. The zero-order chi connectivity index (χ0) is 18.5. The molecule has 4 rings (SSSR count). The Morgan fingerprint density at radius 2 is 1.85 bits per heavy atom. The number of piperidine rings is 1. The van der Waals surface area contributed by atoms with Gasteiger partial charge < -0.3 is 9.64 Å². The average Bonchev–Trinajstić information content (AvgIpc) is 3.11. The highest BCUT2D eigenvalue weighted by Gasteiger charge is 2.46. The number of amides is 1. The Labute approximate surface area is 152 Å². The Morgan fingerprint density at radius 1 is 1.15 bits per heavy atom. The molecule has 2 aliphatic rings. The number of ketones is 1. The molecule has 7 heteroatoms. The first-order valence-electron chi connectivity index (χ1n) is 9.17. The van der Waals surface area contributed by atoms with E-state index in [4.69, 9.17) is 4.74 Å². The van der Waals surface area contributed by atoms with Crippen LogP contribution in [0.25, 0.3) is 5.78 Å². The van der Waals surface area contributed by atoms with E-state index in [1.807, 2.05) is 31.9 Å². The molecule has 4 heterocycles. The third-order valence-electron chi connectivity index (χ3n) is 5.25. The Balaban J connectivity index is 1.52. The van der Waals surface area contributed by atoms with Gasteiger partial charge in [0.1, 0.15) is 11.3 Å². The molecule has 0 aliphatic carbocycles. The highest BCUT2D eigenvalue weighted by Crippen LogP contribution is 2.40. The lowest BCUT2D eigenvalue weighted by Crippen LogP contribution is -2.49. The van der Waals surface area contributed by atoms with Crippen LogP contribution in [0.1, 0.15) is 56.9 Å². The minimum absolute atomic E-state index is 0.0786. The van der Waals surface area contributed by atoms with Crippen LogP contribution in [0, 0.1) is 5.92 Å². The van der Waals surface area contributed by atoms with Gasteiger partial charge >= 0.3 is 6.09 Å². The van der Waals surface area contributed by atoms with Crippen LogP contribution in [-0.4, -0.2) is 48.8 Å². The van der Waals surface area contributed by atoms with E-state index in [-0.39, 0.29) is 29.9 Å². The molecule has 2 fully saturated rings. The first-order valence-corrected chi connectivity index (χ1v) is 9.17. The van der Waals surface area contributed by atoms with Gasteiger partial charge in [0.2, 0.25) is 5.78 Å². The molecule has 2 aromatic heterocycles. The van der Waals surface area contributed by atoms with Crippen molar-refractivity contribution in [3.05, 3.63) is 30.4 Å². The van der Waals surface area contributed by atoms with Gasteiger partial charge in [0.25, 0.3) is 0 Å². The predicted molar refractivity (Wildman–Crippen MR) is 94.9 cm³/mol. The fourth-order valence-corrected chi connectivity index (χ4v) is 4.22. The second-order valence-corrected chi connectivity index (χ2v) is 8.24. The SMILES string of the molecule is CC(C)(C)OC(=O)N1C2CCC1CC(C(=O)c1cnc3ncccn13)C2. The molecule has 0 spiro atoms. The van der Waals surface area contributed by atoms with Crippen molar-refractivity contribution in [2.45, 2.75) is 64.1 Å². The maximum absolute atomic E-state index is 13.1. The molecule has 2 atom stereocenters. The lowest BCUT2D eigenvalue weighted by Gasteiger charge is -2.38. The summed E-state index contributed by atoms with van der Waals surface area (Å²) in [4.78, 5) is 35.9. The van der Waals surface area contributed by atoms with Crippen LogP contribution >= 0.6 is 0 Å². The third-order valence-corrected chi connectivity index (χ3v) is 5.25. The van der Waals surface area contributed by atoms with E-state index in [1.165, 1.54) is 0 Å². The summed E-state index contributed by atoms with van der Waals surface area (Å²) in [5.41, 5.74) is 0.0652. The van der Waals surface area contributed by atoms with Crippen LogP contribution in [0.3, 0.4) is 0 Å². The Bertz CT molecular complexity index is 840. The molecule has 7 nitrogen and oxygen atoms in total. The first-order chi connectivity index (χ1) is 12.3. The van der Waals surface area contributed by atoms with Gasteiger partial charge in [-0.15, -0.1) is 0 Å². The predicted octanol–water partition coefficient (Wildman–Crippen LogP) is 3.09. The van der Waals surface area contributed by atoms with Crippen LogP contribution in [0.15, 0.2) is 24.7 Å². The summed E-state index contributed by atoms with van der Waals surface area (Å²) in [5.74, 6) is 0.530. The second-order valence-electron chi connectivity index (χ2n) is 8.24. The van der Waals surface area contributed by atoms with Crippen LogP contribution < -0.4 is 0 Å². The molecule has 0 N–H and O–H groups in total. The molecule has 2 unspecified atom stereocenters. The van der Waals surface area contributed by atoms with Crippen molar-refractivity contribution in [3.8, 4) is 0 Å². The summed E-state index contributed by atoms with van der Waals surface area (Å²) in [7, 11) is 0. The fraction of sp³-hybridized carbons (Fsp3) is 0.579. The Kier molecular flexibility index (Phi) is 3.97. The number of Topliss-reactive ketones (excluding diaryl/α,β-unsaturated/α-hetero) is 1. The highest BCUT2D eigenvalue weighted by molar-refractivity contribution is 5.97. The van der Waals surface area contributed by atoms with E-state index in [9.17, 15) is 9.59 Å². The summed E-state index contributed by atoms with van der Waals surface area (Å²) < 4.78 is 7.30. The van der Waals surface area contributed by atoms with Crippen molar-refractivity contribution in [2.24, 2.45) is 5.92 Å². The fourth-order valence-electron chi connectivity index (χ4n) is 4.22. The molecule has 26 heavy (non-hydrogen) atoms. The summed E-state index contributed by atoms with van der Waals surface area (Å²) >= 11 is 0. The molecule has 2 aromatic rings. The molecule has 138 valence electrons. The number of ether oxygens (including phenoxy) is 1. The van der Waals surface area contributed by atoms with Crippen molar-refractivity contribution < 1.29 is 14.3 Å². The van der Waals surface area contributed by atoms with Gasteiger partial charge in [0, 0.05) is 30.4 Å². The molecule has 0 saturated carbocycles. The highest BCUT2D eigenvalue weighted by atomic mass is 16.6. The normalized spacial score (nSPS) is 25.5. The van der Waals surface area contributed by atoms with Crippen molar-refractivity contribution in [2.75, 3.05) is 0 Å². The first kappa shape index (κ1) is 17.0. The second kappa shape index (κ2) is 6.07. The largest absolute Gasteiger partial charge is 0.444 e. The smallest absolute Gasteiger partial charge is 0.410 e. The molecular weight excluding hydrogens is 332 g/mol. The molecule has 2 aliphatic heterocycles. The summed E-state index contributed by atoms with van der Waals surface area (Å²) in [6, 6.07) is 1.95. The van der Waals surface area contributed by atoms with Crippen molar-refractivity contribution in [1.82, 2.24) is 19.3 Å². The standard InChI is InChI=1S/C19H24N4O3/c1-19(2,3)26-18(25)23-13-5-6-14(23)10-12(9-13)16(24)15-11-21-17-20-7-4-8-22(15)17/h4,7-8,11-14H,5-6,9-10H2,1-3H3. The quantitative estimate of drug-likeness (QED) is 0.773. The van der Waals surface area contributed by atoms with Gasteiger partial charge in [-0.3, -0.25) is 9.20 Å². The van der Waals surface area contributed by atoms with Crippen molar-refractivity contribution in [3.63, 3.8) is 0 Å². The minimum Gasteiger partial charge on any atom is -0.444 e. The van der Waals surface area contributed by atoms with E-state index in [0.717, 1.165) is 12.8 Å². The van der Waals surface area contributed by atoms with Gasteiger partial charge in [-0.25, -0.2) is 14.8 Å². The number of hydrogen-bond donors (Lipinski definition) is 0. The number of carbonyl (C=O) groups is 2. The van der Waals surface area contributed by atoms with E-state index in [0.29, 0.717) is 24.3 Å². The van der Waals surface area contributed by atoms with Crippen molar-refractivity contribution >= 4 is 17.7 Å². The molecule has 1 amide bonds. The van der Waals surface area contributed by atoms with E-state index >= 15 is 0 Å². The average molecular weight is 356 g/mol. The maximum atomic E-state index is 13.1. The molecule has 2 bridgehead atoms. The van der Waals surface area contributed by atoms with E-state index in [1.54, 1.807) is 22.9 Å². The van der Waals surface area contributed by atoms with Crippen LogP contribution in [0.2, 0.25) is 0 Å². The lowest BCUT2D eigenvalue weighted by molar-refractivity contribution is 0.00250. The zero-order valence-electron chi connectivity index (χ0n) is 15.4. The summed E-state index contributed by atoms with van der Waals surface area (Å²) in [5, 5.41) is 0. The van der Waals surface area contributed by atoms with Gasteiger partial charge in [0.05, 0.1) is 6.20 Å². The van der Waals surface area contributed by atoms with E-state index < -0.39 is 5.60 Å². The number of fused-ring (bicyclic) bond motifs is 3. The van der Waals surface area contributed by atoms with Gasteiger partial charge in [-0.05, 0) is 52.5 Å². The van der Waals surface area contributed by atoms with Crippen molar-refractivity contribution in [1.29, 1.82) is 0 Å². The van der Waals surface area contributed by atoms with Crippen LogP contribution in [-0.2, 0) is 4.74 Å². The summed E-state index contributed by atoms with van der Waals surface area (Å²) in [6.45, 7) is 5.63. The zero-order valence-corrected chi connectivity index (χ0v) is 15.4. The monoisotopic (exact) mass is 356 g/mol. The Morgan fingerprint density at radius 3 is 2.50 bits per heavy atom. The molecular formula is C19H24N4O3. The van der Waals surface area contributed by atoms with Gasteiger partial charge in [-0.1, -0.05) is 0 Å². The van der Waals surface area contributed by atoms with Crippen LogP contribution in [0.5, 0.6) is 0 Å². The molecule has 2 saturated heterocycles. The van der Waals surface area contributed by atoms with Gasteiger partial charge in [0.15, 0.2) is 5.78 Å². The summed E-state index contributed by atoms with van der Waals surface area (Å²) in [6.07, 6.45) is 8.06. The number of hydrogen-bond acceptors (Lipinski definition) is 5. The van der Waals surface area contributed by atoms with Crippen LogP contribution in [0.4, 0.5) is 4.79 Å². The third kappa shape index (κ3) is 2.95. The maximum Gasteiger partial charge on any atom is 0.410 e. The number of carbonyl (C=O) groups excluding carboxylic acids is 2. The number of imidazole rings is 1. The molecule has 0 aromatic carbocycles. The van der Waals surface area contributed by atoms with Gasteiger partial charge in [-0.2, -0.15) is 0 Å². The number of rotatable bonds is 2. The topological polar surface area (TPSA) is 76.8 Å². The number of nitrogens with zero attached hydrogens (tertiary/aromatic N) is 4.